The standard InChI is InChI=1S/C18H20N2O3/c1-4-8-12(9-5-2)19-17(22)15-16(21)13-10-6-7-11-14(13)20(3)18(15)23/h4-11,15,18,23H,1H2,2-3H3,(H,19,22)/b9-5-,12-8+. The maximum absolute atomic E-state index is 12.6. The number of carbonyl (C=O) groups is 2. The van der Waals surface area contributed by atoms with Crippen molar-refractivity contribution in [3.63, 3.8) is 0 Å². The Morgan fingerprint density at radius 3 is 2.74 bits per heavy atom. The van der Waals surface area contributed by atoms with Gasteiger partial charge in [-0.1, -0.05) is 30.9 Å². The highest BCUT2D eigenvalue weighted by atomic mass is 16.3. The Labute approximate surface area is 135 Å². The second-order valence-corrected chi connectivity index (χ2v) is 5.23. The van der Waals surface area contributed by atoms with Crippen molar-refractivity contribution in [3.8, 4) is 0 Å². The third kappa shape index (κ3) is 3.24. The summed E-state index contributed by atoms with van der Waals surface area (Å²) < 4.78 is 0. The van der Waals surface area contributed by atoms with Crippen LogP contribution in [0, 0.1) is 5.92 Å². The van der Waals surface area contributed by atoms with Gasteiger partial charge in [-0.3, -0.25) is 9.59 Å². The minimum Gasteiger partial charge on any atom is -0.372 e. The molecule has 2 N–H and O–H groups in total. The average molecular weight is 312 g/mol. The zero-order valence-electron chi connectivity index (χ0n) is 13.2. The Kier molecular flexibility index (Phi) is 5.13. The molecular weight excluding hydrogens is 292 g/mol. The molecule has 0 saturated heterocycles. The molecule has 1 aliphatic rings. The van der Waals surface area contributed by atoms with Crippen molar-refractivity contribution in [2.45, 2.75) is 13.2 Å². The van der Waals surface area contributed by atoms with Gasteiger partial charge in [-0.2, -0.15) is 0 Å². The molecule has 1 aromatic carbocycles. The van der Waals surface area contributed by atoms with Crippen LogP contribution in [-0.4, -0.2) is 30.1 Å². The molecular formula is C18H20N2O3. The predicted molar refractivity (Wildman–Crippen MR) is 89.9 cm³/mol. The highest BCUT2D eigenvalue weighted by Gasteiger charge is 2.42. The van der Waals surface area contributed by atoms with Gasteiger partial charge in [-0.25, -0.2) is 0 Å². The van der Waals surface area contributed by atoms with Crippen molar-refractivity contribution in [3.05, 3.63) is 66.4 Å². The molecule has 1 aliphatic heterocycles. The molecule has 5 nitrogen and oxygen atoms in total. The molecule has 0 spiro atoms. The molecule has 0 aliphatic carbocycles. The molecule has 2 unspecified atom stereocenters. The molecule has 0 saturated carbocycles. The van der Waals surface area contributed by atoms with Crippen molar-refractivity contribution in [1.29, 1.82) is 0 Å². The lowest BCUT2D eigenvalue weighted by atomic mass is 9.89. The smallest absolute Gasteiger partial charge is 0.239 e. The van der Waals surface area contributed by atoms with Crippen LogP contribution in [0.2, 0.25) is 0 Å². The van der Waals surface area contributed by atoms with Gasteiger partial charge in [0.05, 0.1) is 0 Å². The SMILES string of the molecule is C=C/C=C(\C=C/C)NC(=O)C1C(=O)c2ccccc2N(C)C1O. The summed E-state index contributed by atoms with van der Waals surface area (Å²) in [7, 11) is 1.66. The number of rotatable bonds is 4. The van der Waals surface area contributed by atoms with E-state index < -0.39 is 18.1 Å². The summed E-state index contributed by atoms with van der Waals surface area (Å²) in [5.74, 6) is -2.12. The molecule has 120 valence electrons. The second-order valence-electron chi connectivity index (χ2n) is 5.23. The van der Waals surface area contributed by atoms with Crippen LogP contribution in [0.1, 0.15) is 17.3 Å². The van der Waals surface area contributed by atoms with E-state index in [0.29, 0.717) is 16.9 Å². The van der Waals surface area contributed by atoms with Gasteiger partial charge in [0.15, 0.2) is 5.78 Å². The van der Waals surface area contributed by atoms with Crippen LogP contribution in [-0.2, 0) is 4.79 Å². The van der Waals surface area contributed by atoms with Gasteiger partial charge in [0.2, 0.25) is 5.91 Å². The Bertz CT molecular complexity index is 691. The molecule has 5 heteroatoms. The van der Waals surface area contributed by atoms with Crippen LogP contribution in [0.5, 0.6) is 0 Å². The van der Waals surface area contributed by atoms with Crippen molar-refractivity contribution >= 4 is 17.4 Å². The molecule has 0 radical (unpaired) electrons. The Morgan fingerprint density at radius 1 is 1.39 bits per heavy atom. The highest BCUT2D eigenvalue weighted by molar-refractivity contribution is 6.15. The van der Waals surface area contributed by atoms with Crippen LogP contribution in [0.3, 0.4) is 0 Å². The van der Waals surface area contributed by atoms with Gasteiger partial charge in [0.25, 0.3) is 0 Å². The maximum Gasteiger partial charge on any atom is 0.239 e. The molecule has 0 aromatic heterocycles. The number of amides is 1. The lowest BCUT2D eigenvalue weighted by molar-refractivity contribution is -0.125. The zero-order valence-corrected chi connectivity index (χ0v) is 13.2. The van der Waals surface area contributed by atoms with Crippen LogP contribution >= 0.6 is 0 Å². The van der Waals surface area contributed by atoms with Crippen molar-refractivity contribution in [2.75, 3.05) is 11.9 Å². The molecule has 23 heavy (non-hydrogen) atoms. The van der Waals surface area contributed by atoms with E-state index >= 15 is 0 Å². The molecule has 2 rings (SSSR count). The summed E-state index contributed by atoms with van der Waals surface area (Å²) in [4.78, 5) is 26.6. The van der Waals surface area contributed by atoms with E-state index in [1.165, 1.54) is 11.0 Å². The summed E-state index contributed by atoms with van der Waals surface area (Å²) in [6.45, 7) is 5.40. The van der Waals surface area contributed by atoms with Crippen LogP contribution in [0.25, 0.3) is 0 Å². The number of nitrogens with zero attached hydrogens (tertiary/aromatic N) is 1. The minimum atomic E-state index is -1.21. The van der Waals surface area contributed by atoms with Crippen molar-refractivity contribution in [1.82, 2.24) is 5.32 Å². The van der Waals surface area contributed by atoms with E-state index in [1.54, 1.807) is 49.5 Å². The van der Waals surface area contributed by atoms with Crippen LogP contribution in [0.4, 0.5) is 5.69 Å². The fraction of sp³-hybridized carbons (Fsp3) is 0.222. The normalized spacial score (nSPS) is 21.3. The topological polar surface area (TPSA) is 69.6 Å². The van der Waals surface area contributed by atoms with E-state index in [1.807, 2.05) is 6.92 Å². The first-order valence-corrected chi connectivity index (χ1v) is 7.31. The number of allylic oxidation sites excluding steroid dienone is 4. The lowest BCUT2D eigenvalue weighted by Crippen LogP contribution is -2.52. The summed E-state index contributed by atoms with van der Waals surface area (Å²) in [5, 5.41) is 13.0. The van der Waals surface area contributed by atoms with E-state index in [9.17, 15) is 14.7 Å². The molecule has 1 heterocycles. The Hall–Kier alpha value is -2.66. The molecule has 1 aromatic rings. The Morgan fingerprint density at radius 2 is 2.09 bits per heavy atom. The van der Waals surface area contributed by atoms with Crippen molar-refractivity contribution in [2.24, 2.45) is 5.92 Å². The second kappa shape index (κ2) is 7.07. The zero-order chi connectivity index (χ0) is 17.0. The minimum absolute atomic E-state index is 0.387. The molecule has 0 bridgehead atoms. The summed E-state index contributed by atoms with van der Waals surface area (Å²) in [6.07, 6.45) is 5.39. The number of para-hydroxylation sites is 1. The number of ketones is 1. The van der Waals surface area contributed by atoms with Gasteiger partial charge in [0, 0.05) is 24.0 Å². The number of Topliss-reactive ketones (excluding diaryl/α,β-unsaturated/α-hetero) is 1. The summed E-state index contributed by atoms with van der Waals surface area (Å²) in [5.41, 5.74) is 1.55. The number of anilines is 1. The van der Waals surface area contributed by atoms with Gasteiger partial charge >= 0.3 is 0 Å². The number of benzene rings is 1. The Balaban J connectivity index is 2.32. The van der Waals surface area contributed by atoms with Gasteiger partial charge in [-0.05, 0) is 31.2 Å². The first-order chi connectivity index (χ1) is 11.0. The average Bonchev–Trinajstić information content (AvgIpc) is 2.53. The first kappa shape index (κ1) is 16.7. The fourth-order valence-corrected chi connectivity index (χ4v) is 2.58. The number of aliphatic hydroxyl groups excluding tert-OH is 1. The van der Waals surface area contributed by atoms with Crippen molar-refractivity contribution < 1.29 is 14.7 Å². The maximum atomic E-state index is 12.6. The number of fused-ring (bicyclic) bond motifs is 1. The lowest BCUT2D eigenvalue weighted by Gasteiger charge is -2.36. The van der Waals surface area contributed by atoms with Crippen LogP contribution < -0.4 is 10.2 Å². The van der Waals surface area contributed by atoms with Crippen LogP contribution in [0.15, 0.2) is 60.8 Å². The van der Waals surface area contributed by atoms with E-state index in [2.05, 4.69) is 11.9 Å². The number of aliphatic hydroxyl groups is 1. The van der Waals surface area contributed by atoms with E-state index in [-0.39, 0.29) is 5.78 Å². The number of hydrogen-bond acceptors (Lipinski definition) is 4. The van der Waals surface area contributed by atoms with Gasteiger partial charge < -0.3 is 15.3 Å². The third-order valence-electron chi connectivity index (χ3n) is 3.72. The van der Waals surface area contributed by atoms with E-state index in [0.717, 1.165) is 0 Å². The summed E-state index contributed by atoms with van der Waals surface area (Å²) in [6, 6.07) is 6.92. The van der Waals surface area contributed by atoms with Gasteiger partial charge in [-0.15, -0.1) is 0 Å². The van der Waals surface area contributed by atoms with Gasteiger partial charge in [0.1, 0.15) is 12.1 Å². The quantitative estimate of drug-likeness (QED) is 0.659. The number of carbonyl (C=O) groups excluding carboxylic acids is 2. The molecule has 2 atom stereocenters. The first-order valence-electron chi connectivity index (χ1n) is 7.31. The fourth-order valence-electron chi connectivity index (χ4n) is 2.58. The highest BCUT2D eigenvalue weighted by Crippen LogP contribution is 2.31. The van der Waals surface area contributed by atoms with E-state index in [4.69, 9.17) is 0 Å². The largest absolute Gasteiger partial charge is 0.372 e. The molecule has 0 fully saturated rings. The number of hydrogen-bond donors (Lipinski definition) is 2. The molecule has 1 amide bonds. The predicted octanol–water partition coefficient (Wildman–Crippen LogP) is 2.02. The number of nitrogens with one attached hydrogen (secondary N) is 1. The monoisotopic (exact) mass is 312 g/mol. The third-order valence-corrected chi connectivity index (χ3v) is 3.72. The summed E-state index contributed by atoms with van der Waals surface area (Å²) >= 11 is 0.